The Balaban J connectivity index is 1.92. The van der Waals surface area contributed by atoms with E-state index in [1.54, 1.807) is 25.5 Å². The molecule has 0 radical (unpaired) electrons. The van der Waals surface area contributed by atoms with Crippen molar-refractivity contribution in [3.8, 4) is 11.8 Å². The molecule has 0 aliphatic heterocycles. The third-order valence-corrected chi connectivity index (χ3v) is 4.60. The van der Waals surface area contributed by atoms with Crippen LogP contribution in [0, 0.1) is 11.8 Å². The van der Waals surface area contributed by atoms with E-state index in [1.165, 1.54) is 18.2 Å². The van der Waals surface area contributed by atoms with Gasteiger partial charge in [-0.3, -0.25) is 14.3 Å². The minimum atomic E-state index is -2.86. The number of rotatable bonds is 7. The van der Waals surface area contributed by atoms with Crippen LogP contribution in [0.25, 0.3) is 16.6 Å². The van der Waals surface area contributed by atoms with E-state index >= 15 is 0 Å². The maximum absolute atomic E-state index is 13.5. The number of fused-ring (bicyclic) bond motifs is 1. The zero-order valence-electron chi connectivity index (χ0n) is 17.2. The average molecular weight is 439 g/mol. The molecule has 1 aromatic carbocycles. The Morgan fingerprint density at radius 3 is 2.84 bits per heavy atom. The van der Waals surface area contributed by atoms with Crippen LogP contribution in [-0.4, -0.2) is 26.1 Å². The maximum Gasteiger partial charge on any atom is 0.266 e. The third-order valence-electron chi connectivity index (χ3n) is 4.60. The van der Waals surface area contributed by atoms with Crippen LogP contribution >= 0.6 is 0 Å². The summed E-state index contributed by atoms with van der Waals surface area (Å²) in [6, 6.07) is 3.60. The fraction of sp³-hybridized carbons (Fsp3) is 0.217. The molecule has 32 heavy (non-hydrogen) atoms. The quantitative estimate of drug-likeness (QED) is 0.340. The number of hydrogen-bond acceptors (Lipinski definition) is 5. The molecular formula is C23H20F3N5O. The molecule has 3 rings (SSSR count). The highest BCUT2D eigenvalue weighted by Crippen LogP contribution is 2.26. The number of benzene rings is 1. The van der Waals surface area contributed by atoms with Crippen molar-refractivity contribution in [2.24, 2.45) is 0 Å². The Bertz CT molecular complexity index is 1260. The lowest BCUT2D eigenvalue weighted by molar-refractivity contribution is 0.153. The van der Waals surface area contributed by atoms with E-state index < -0.39 is 23.6 Å². The molecule has 164 valence electrons. The number of halogens is 3. The van der Waals surface area contributed by atoms with Gasteiger partial charge in [0.05, 0.1) is 29.5 Å². The third kappa shape index (κ3) is 5.10. The van der Waals surface area contributed by atoms with Gasteiger partial charge in [0.25, 0.3) is 12.0 Å². The van der Waals surface area contributed by atoms with E-state index in [2.05, 4.69) is 38.7 Å². The summed E-state index contributed by atoms with van der Waals surface area (Å²) in [6.45, 7) is 5.89. The summed E-state index contributed by atoms with van der Waals surface area (Å²) in [6.07, 6.45) is 3.47. The number of aromatic nitrogens is 4. The molecule has 1 N–H and O–H groups in total. The first-order valence-electron chi connectivity index (χ1n) is 9.72. The second-order valence-electron chi connectivity index (χ2n) is 6.75. The van der Waals surface area contributed by atoms with Gasteiger partial charge >= 0.3 is 0 Å². The van der Waals surface area contributed by atoms with E-state index in [1.807, 2.05) is 0 Å². The topological polar surface area (TPSA) is 72.7 Å². The van der Waals surface area contributed by atoms with Crippen molar-refractivity contribution in [3.05, 3.63) is 83.2 Å². The minimum absolute atomic E-state index is 0.0259. The number of nitrogens with zero attached hydrogens (tertiary/aromatic N) is 4. The summed E-state index contributed by atoms with van der Waals surface area (Å²) in [4.78, 5) is 25.6. The molecule has 0 spiro atoms. The maximum atomic E-state index is 13.5. The predicted molar refractivity (Wildman–Crippen MR) is 116 cm³/mol. The lowest BCUT2D eigenvalue weighted by Gasteiger charge is -2.20. The molecule has 9 heteroatoms. The SMILES string of the molecule is C=C(C=CF)n1c(C(C)NCCC#Cc2cnccn2)nc2cccc(C(F)F)c2c1=O. The summed E-state index contributed by atoms with van der Waals surface area (Å²) in [7, 11) is 0. The average Bonchev–Trinajstić information content (AvgIpc) is 2.78. The smallest absolute Gasteiger partial charge is 0.266 e. The summed E-state index contributed by atoms with van der Waals surface area (Å²) in [5.74, 6) is 6.07. The summed E-state index contributed by atoms with van der Waals surface area (Å²) in [5, 5.41) is 2.96. The van der Waals surface area contributed by atoms with Crippen LogP contribution in [0.5, 0.6) is 0 Å². The standard InChI is InChI=1S/C23H20F3N5O/c1-15(9-10-24)31-22(16(2)28-11-4-3-6-17-14-27-12-13-29-17)30-19-8-5-7-18(21(25)26)20(19)23(31)32/h5,7-10,12-14,16,21,28H,1,4,11H2,2H3. The highest BCUT2D eigenvalue weighted by Gasteiger charge is 2.21. The fourth-order valence-electron chi connectivity index (χ4n) is 3.13. The van der Waals surface area contributed by atoms with Gasteiger partial charge in [0.15, 0.2) is 0 Å². The highest BCUT2D eigenvalue weighted by atomic mass is 19.3. The molecule has 0 saturated heterocycles. The normalized spacial score (nSPS) is 12.2. The van der Waals surface area contributed by atoms with E-state index in [-0.39, 0.29) is 28.8 Å². The van der Waals surface area contributed by atoms with Crippen LogP contribution in [-0.2, 0) is 0 Å². The van der Waals surface area contributed by atoms with Gasteiger partial charge in [-0.25, -0.2) is 23.1 Å². The van der Waals surface area contributed by atoms with E-state index in [0.29, 0.717) is 18.7 Å². The number of hydrogen-bond donors (Lipinski definition) is 1. The Morgan fingerprint density at radius 1 is 1.34 bits per heavy atom. The van der Waals surface area contributed by atoms with Gasteiger partial charge in [-0.15, -0.1) is 0 Å². The molecule has 1 unspecified atom stereocenters. The molecule has 0 amide bonds. The first-order chi connectivity index (χ1) is 15.4. The van der Waals surface area contributed by atoms with Crippen molar-refractivity contribution in [1.82, 2.24) is 24.8 Å². The van der Waals surface area contributed by atoms with Gasteiger partial charge in [0.2, 0.25) is 0 Å². The second-order valence-corrected chi connectivity index (χ2v) is 6.75. The number of alkyl halides is 2. The van der Waals surface area contributed by atoms with Crippen molar-refractivity contribution in [1.29, 1.82) is 0 Å². The van der Waals surface area contributed by atoms with Crippen LogP contribution in [0.1, 0.15) is 42.9 Å². The molecule has 0 fully saturated rings. The van der Waals surface area contributed by atoms with Crippen molar-refractivity contribution < 1.29 is 13.2 Å². The van der Waals surface area contributed by atoms with Crippen LogP contribution < -0.4 is 10.9 Å². The zero-order chi connectivity index (χ0) is 23.1. The highest BCUT2D eigenvalue weighted by molar-refractivity contribution is 5.82. The molecule has 0 bridgehead atoms. The molecule has 0 aliphatic rings. The van der Waals surface area contributed by atoms with Crippen LogP contribution in [0.2, 0.25) is 0 Å². The fourth-order valence-corrected chi connectivity index (χ4v) is 3.13. The summed E-state index contributed by atoms with van der Waals surface area (Å²) in [5.41, 5.74) is -0.513. The van der Waals surface area contributed by atoms with Gasteiger partial charge in [-0.05, 0) is 25.0 Å². The lowest BCUT2D eigenvalue weighted by atomic mass is 10.1. The predicted octanol–water partition coefficient (Wildman–Crippen LogP) is 4.17. The summed E-state index contributed by atoms with van der Waals surface area (Å²) < 4.78 is 40.8. The Hall–Kier alpha value is -3.77. The van der Waals surface area contributed by atoms with Crippen molar-refractivity contribution in [2.45, 2.75) is 25.8 Å². The lowest BCUT2D eigenvalue weighted by Crippen LogP contribution is -2.31. The first kappa shape index (κ1) is 22.9. The number of nitrogens with one attached hydrogen (secondary N) is 1. The first-order valence-corrected chi connectivity index (χ1v) is 9.72. The minimum Gasteiger partial charge on any atom is -0.307 e. The van der Waals surface area contributed by atoms with Crippen molar-refractivity contribution in [3.63, 3.8) is 0 Å². The monoisotopic (exact) mass is 439 g/mol. The molecule has 0 aliphatic carbocycles. The van der Waals surface area contributed by atoms with Gasteiger partial charge in [0, 0.05) is 36.6 Å². The molecule has 0 saturated carbocycles. The zero-order valence-corrected chi connectivity index (χ0v) is 17.2. The molecule has 1 atom stereocenters. The molecule has 3 aromatic rings. The van der Waals surface area contributed by atoms with Gasteiger partial charge < -0.3 is 5.32 Å². The molecular weight excluding hydrogens is 419 g/mol. The van der Waals surface area contributed by atoms with Gasteiger partial charge in [-0.1, -0.05) is 24.6 Å². The van der Waals surface area contributed by atoms with E-state index in [9.17, 15) is 18.0 Å². The molecule has 6 nitrogen and oxygen atoms in total. The second kappa shape index (κ2) is 10.5. The van der Waals surface area contributed by atoms with Crippen LogP contribution in [0.3, 0.4) is 0 Å². The van der Waals surface area contributed by atoms with Crippen molar-refractivity contribution in [2.75, 3.05) is 6.54 Å². The van der Waals surface area contributed by atoms with E-state index in [4.69, 9.17) is 0 Å². The Labute approximate surface area is 182 Å². The van der Waals surface area contributed by atoms with Crippen molar-refractivity contribution >= 4 is 16.6 Å². The largest absolute Gasteiger partial charge is 0.307 e. The van der Waals surface area contributed by atoms with Crippen LogP contribution in [0.4, 0.5) is 13.2 Å². The van der Waals surface area contributed by atoms with E-state index in [0.717, 1.165) is 10.6 Å². The molecule has 2 aromatic heterocycles. The van der Waals surface area contributed by atoms with Crippen LogP contribution in [0.15, 0.2) is 60.6 Å². The Kier molecular flexibility index (Phi) is 7.52. The van der Waals surface area contributed by atoms with Gasteiger partial charge in [-0.2, -0.15) is 0 Å². The van der Waals surface area contributed by atoms with Gasteiger partial charge in [0.1, 0.15) is 11.5 Å². The Morgan fingerprint density at radius 2 is 2.16 bits per heavy atom. The number of allylic oxidation sites excluding steroid dienone is 2. The molecule has 2 heterocycles. The summed E-state index contributed by atoms with van der Waals surface area (Å²) >= 11 is 0.